The van der Waals surface area contributed by atoms with E-state index in [0.29, 0.717) is 10.8 Å². The fraction of sp³-hybridized carbons (Fsp3) is 0.244. The first-order chi connectivity index (χ1) is 22.8. The molecule has 0 amide bonds. The summed E-state index contributed by atoms with van der Waals surface area (Å²) in [6.45, 7) is 17.4. The molecular weight excluding hydrogens is 587 g/mol. The standard InChI is InChI=1S/C45H39NO2/c1-23(2)46-42(47)40-31-21-29(25-13-9-11-15-33(25)44(3,4)5)27-19-17-24-18-20-28-30(26-14-10-12-16-34(26)45(6,7)8)22-32(41(40)43(46)48)39-37(28)35(24)36(27)38(31)39/h9-23H,1-8H3. The summed E-state index contributed by atoms with van der Waals surface area (Å²) < 4.78 is 1.47. The third-order valence-electron chi connectivity index (χ3n) is 10.9. The Hall–Kier alpha value is -5.02. The molecule has 0 fully saturated rings. The molecule has 0 aliphatic heterocycles. The van der Waals surface area contributed by atoms with E-state index in [4.69, 9.17) is 0 Å². The van der Waals surface area contributed by atoms with Gasteiger partial charge in [0.15, 0.2) is 0 Å². The Morgan fingerprint density at radius 1 is 0.458 bits per heavy atom. The second kappa shape index (κ2) is 9.32. The van der Waals surface area contributed by atoms with Gasteiger partial charge in [-0.2, -0.15) is 0 Å². The number of benzene rings is 7. The minimum absolute atomic E-state index is 0.0907. The average molecular weight is 626 g/mol. The molecule has 0 spiro atoms. The number of rotatable bonds is 3. The summed E-state index contributed by atoms with van der Waals surface area (Å²) in [4.78, 5) is 29.0. The van der Waals surface area contributed by atoms with Gasteiger partial charge in [-0.15, -0.1) is 0 Å². The van der Waals surface area contributed by atoms with Gasteiger partial charge in [-0.05, 0) is 124 Å². The molecule has 9 rings (SSSR count). The maximum absolute atomic E-state index is 14.5. The molecule has 0 unspecified atom stereocenters. The van der Waals surface area contributed by atoms with E-state index < -0.39 is 0 Å². The molecule has 0 atom stereocenters. The van der Waals surface area contributed by atoms with Crippen LogP contribution in [0, 0.1) is 0 Å². The molecule has 1 aromatic heterocycles. The molecule has 0 N–H and O–H groups in total. The van der Waals surface area contributed by atoms with Crippen LogP contribution in [0.5, 0.6) is 0 Å². The zero-order valence-corrected chi connectivity index (χ0v) is 28.9. The molecule has 8 aromatic carbocycles. The molecule has 9 aromatic rings. The van der Waals surface area contributed by atoms with Crippen molar-refractivity contribution in [3.05, 3.63) is 117 Å². The Balaban J connectivity index is 1.61. The maximum atomic E-state index is 14.5. The summed E-state index contributed by atoms with van der Waals surface area (Å²) in [5, 5.41) is 12.3. The van der Waals surface area contributed by atoms with E-state index in [2.05, 4.69) is 126 Å². The van der Waals surface area contributed by atoms with Crippen molar-refractivity contribution >= 4 is 64.6 Å². The molecule has 3 nitrogen and oxygen atoms in total. The third-order valence-corrected chi connectivity index (χ3v) is 10.9. The molecule has 48 heavy (non-hydrogen) atoms. The fourth-order valence-electron chi connectivity index (χ4n) is 8.86. The summed E-state index contributed by atoms with van der Waals surface area (Å²) in [6.07, 6.45) is 0. The van der Waals surface area contributed by atoms with Crippen molar-refractivity contribution in [3.8, 4) is 22.3 Å². The first-order valence-corrected chi connectivity index (χ1v) is 17.1. The Morgan fingerprint density at radius 3 is 1.25 bits per heavy atom. The van der Waals surface area contributed by atoms with Crippen LogP contribution >= 0.6 is 0 Å². The largest absolute Gasteiger partial charge is 0.272 e. The predicted octanol–water partition coefficient (Wildman–Crippen LogP) is 11.4. The molecule has 0 aliphatic carbocycles. The van der Waals surface area contributed by atoms with Gasteiger partial charge in [0.25, 0.3) is 11.1 Å². The van der Waals surface area contributed by atoms with Gasteiger partial charge in [0, 0.05) is 6.04 Å². The van der Waals surface area contributed by atoms with Crippen LogP contribution in [0.4, 0.5) is 0 Å². The average Bonchev–Trinajstić information content (AvgIpc) is 3.54. The van der Waals surface area contributed by atoms with Gasteiger partial charge in [-0.3, -0.25) is 14.2 Å². The lowest BCUT2D eigenvalue weighted by atomic mass is 9.80. The van der Waals surface area contributed by atoms with Gasteiger partial charge in [0.1, 0.15) is 0 Å². The summed E-state index contributed by atoms with van der Waals surface area (Å²) in [7, 11) is 0. The van der Waals surface area contributed by atoms with E-state index in [1.54, 1.807) is 0 Å². The van der Waals surface area contributed by atoms with Crippen molar-refractivity contribution in [2.24, 2.45) is 0 Å². The molecule has 0 saturated carbocycles. The van der Waals surface area contributed by atoms with E-state index in [1.807, 2.05) is 13.8 Å². The summed E-state index contributed by atoms with van der Waals surface area (Å²) >= 11 is 0. The van der Waals surface area contributed by atoms with Gasteiger partial charge >= 0.3 is 0 Å². The van der Waals surface area contributed by atoms with E-state index in [0.717, 1.165) is 32.7 Å². The third kappa shape index (κ3) is 3.60. The molecule has 3 heteroatoms. The van der Waals surface area contributed by atoms with Gasteiger partial charge in [-0.25, -0.2) is 0 Å². The summed E-state index contributed by atoms with van der Waals surface area (Å²) in [5.74, 6) is 0. The van der Waals surface area contributed by atoms with E-state index >= 15 is 0 Å². The number of aromatic nitrogens is 1. The van der Waals surface area contributed by atoms with Crippen molar-refractivity contribution in [2.75, 3.05) is 0 Å². The number of hydrogen-bond donors (Lipinski definition) is 0. The molecular formula is C45H39NO2. The smallest absolute Gasteiger partial charge is 0.262 e. The van der Waals surface area contributed by atoms with E-state index in [-0.39, 0.29) is 28.0 Å². The van der Waals surface area contributed by atoms with Crippen LogP contribution in [0.25, 0.3) is 86.9 Å². The quantitative estimate of drug-likeness (QED) is 0.183. The normalized spacial score (nSPS) is 13.4. The van der Waals surface area contributed by atoms with Crippen LogP contribution in [0.15, 0.2) is 94.5 Å². The van der Waals surface area contributed by atoms with Gasteiger partial charge < -0.3 is 0 Å². The number of fused-ring (bicyclic) bond motifs is 3. The van der Waals surface area contributed by atoms with E-state index in [9.17, 15) is 9.59 Å². The number of nitrogens with zero attached hydrogens (tertiary/aromatic N) is 1. The lowest BCUT2D eigenvalue weighted by Crippen LogP contribution is -2.27. The molecule has 0 radical (unpaired) electrons. The lowest BCUT2D eigenvalue weighted by Gasteiger charge is -2.24. The van der Waals surface area contributed by atoms with Crippen molar-refractivity contribution in [1.29, 1.82) is 0 Å². The van der Waals surface area contributed by atoms with Gasteiger partial charge in [0.05, 0.1) is 10.8 Å². The molecule has 236 valence electrons. The van der Waals surface area contributed by atoms with Crippen molar-refractivity contribution in [1.82, 2.24) is 4.57 Å². The molecule has 0 saturated heterocycles. The topological polar surface area (TPSA) is 39.1 Å². The Labute approximate surface area is 279 Å². The molecule has 0 bridgehead atoms. The van der Waals surface area contributed by atoms with Gasteiger partial charge in [-0.1, -0.05) is 114 Å². The predicted molar refractivity (Wildman–Crippen MR) is 205 cm³/mol. The van der Waals surface area contributed by atoms with Crippen molar-refractivity contribution in [3.63, 3.8) is 0 Å². The van der Waals surface area contributed by atoms with E-state index in [1.165, 1.54) is 59.1 Å². The van der Waals surface area contributed by atoms with Crippen LogP contribution in [-0.4, -0.2) is 4.57 Å². The van der Waals surface area contributed by atoms with Crippen molar-refractivity contribution < 1.29 is 0 Å². The van der Waals surface area contributed by atoms with Crippen LogP contribution < -0.4 is 11.1 Å². The lowest BCUT2D eigenvalue weighted by molar-refractivity contribution is 0.574. The second-order valence-electron chi connectivity index (χ2n) is 16.2. The zero-order chi connectivity index (χ0) is 33.6. The summed E-state index contributed by atoms with van der Waals surface area (Å²) in [5.41, 5.74) is 6.50. The molecule has 0 aliphatic rings. The monoisotopic (exact) mass is 625 g/mol. The fourth-order valence-corrected chi connectivity index (χ4v) is 8.86. The van der Waals surface area contributed by atoms with Crippen LogP contribution in [-0.2, 0) is 10.8 Å². The Kier molecular flexibility index (Phi) is 5.66. The van der Waals surface area contributed by atoms with Crippen LogP contribution in [0.1, 0.15) is 72.6 Å². The Morgan fingerprint density at radius 2 is 0.854 bits per heavy atom. The zero-order valence-electron chi connectivity index (χ0n) is 28.9. The highest BCUT2D eigenvalue weighted by molar-refractivity contribution is 6.50. The SMILES string of the molecule is CC(C)n1c(=O)c2c3cc(-c4ccccc4C(C)(C)C)c4ccc5ccc6c(-c7ccccc7C(C)(C)C)cc(c2c1=O)c1c6c5c4c31. The highest BCUT2D eigenvalue weighted by Gasteiger charge is 2.31. The highest BCUT2D eigenvalue weighted by Crippen LogP contribution is 2.54. The van der Waals surface area contributed by atoms with Crippen LogP contribution in [0.3, 0.4) is 0 Å². The van der Waals surface area contributed by atoms with Crippen LogP contribution in [0.2, 0.25) is 0 Å². The summed E-state index contributed by atoms with van der Waals surface area (Å²) in [6, 6.07) is 30.6. The minimum atomic E-state index is -0.254. The number of hydrogen-bond acceptors (Lipinski definition) is 2. The minimum Gasteiger partial charge on any atom is -0.272 e. The first-order valence-electron chi connectivity index (χ1n) is 17.1. The second-order valence-corrected chi connectivity index (χ2v) is 16.2. The Bertz CT molecular complexity index is 2670. The maximum Gasteiger partial charge on any atom is 0.262 e. The molecule has 1 heterocycles. The highest BCUT2D eigenvalue weighted by atomic mass is 16.2. The van der Waals surface area contributed by atoms with Crippen molar-refractivity contribution in [2.45, 2.75) is 72.3 Å². The first kappa shape index (κ1) is 29.1. The van der Waals surface area contributed by atoms with Gasteiger partial charge in [0.2, 0.25) is 0 Å².